The number of halogens is 2. The Balaban J connectivity index is 1.98. The van der Waals surface area contributed by atoms with Crippen LogP contribution in [0.5, 0.6) is 0 Å². The summed E-state index contributed by atoms with van der Waals surface area (Å²) in [6, 6.07) is 10.8. The monoisotopic (exact) mass is 338 g/mol. The third kappa shape index (κ3) is 4.22. The molecule has 1 N–H and O–H groups in total. The van der Waals surface area contributed by atoms with Crippen LogP contribution in [0.25, 0.3) is 0 Å². The lowest BCUT2D eigenvalue weighted by molar-refractivity contribution is 0.789. The molecule has 0 spiro atoms. The average Bonchev–Trinajstić information content (AvgIpc) is 2.37. The highest BCUT2D eigenvalue weighted by molar-refractivity contribution is 9.10. The minimum Gasteiger partial charge on any atom is -0.381 e. The molecule has 1 unspecified atom stereocenters. The predicted octanol–water partition coefficient (Wildman–Crippen LogP) is 4.85. The highest BCUT2D eigenvalue weighted by Gasteiger charge is 2.05. The van der Waals surface area contributed by atoms with Crippen molar-refractivity contribution in [1.29, 1.82) is 0 Å². The van der Waals surface area contributed by atoms with Gasteiger partial charge >= 0.3 is 0 Å². The van der Waals surface area contributed by atoms with Gasteiger partial charge in [-0.1, -0.05) is 39.7 Å². The van der Waals surface area contributed by atoms with E-state index in [2.05, 4.69) is 57.4 Å². The summed E-state index contributed by atoms with van der Waals surface area (Å²) in [4.78, 5) is 4.15. The van der Waals surface area contributed by atoms with Crippen molar-refractivity contribution in [2.45, 2.75) is 26.3 Å². The van der Waals surface area contributed by atoms with Gasteiger partial charge in [0.1, 0.15) is 5.15 Å². The summed E-state index contributed by atoms with van der Waals surface area (Å²) in [7, 11) is 0. The van der Waals surface area contributed by atoms with Gasteiger partial charge in [0, 0.05) is 10.5 Å². The van der Waals surface area contributed by atoms with Crippen LogP contribution < -0.4 is 5.32 Å². The lowest BCUT2D eigenvalue weighted by atomic mass is 10.1. The first-order valence-electron chi connectivity index (χ1n) is 6.17. The van der Waals surface area contributed by atoms with Crippen LogP contribution in [0.4, 0.5) is 5.69 Å². The van der Waals surface area contributed by atoms with E-state index in [1.165, 1.54) is 5.56 Å². The maximum atomic E-state index is 5.92. The summed E-state index contributed by atoms with van der Waals surface area (Å²) in [5.74, 6) is 0. The van der Waals surface area contributed by atoms with Gasteiger partial charge in [0.2, 0.25) is 0 Å². The van der Waals surface area contributed by atoms with E-state index in [0.29, 0.717) is 11.2 Å². The van der Waals surface area contributed by atoms with E-state index in [9.17, 15) is 0 Å². The Labute approximate surface area is 127 Å². The number of hydrogen-bond acceptors (Lipinski definition) is 2. The Morgan fingerprint density at radius 3 is 2.63 bits per heavy atom. The van der Waals surface area contributed by atoms with E-state index < -0.39 is 0 Å². The van der Waals surface area contributed by atoms with Gasteiger partial charge in [-0.25, -0.2) is 4.98 Å². The van der Waals surface area contributed by atoms with Crippen LogP contribution in [-0.2, 0) is 6.42 Å². The number of benzene rings is 1. The first-order valence-corrected chi connectivity index (χ1v) is 7.35. The van der Waals surface area contributed by atoms with Crippen LogP contribution in [-0.4, -0.2) is 11.0 Å². The number of nitrogens with zero attached hydrogens (tertiary/aromatic N) is 1. The molecule has 19 heavy (non-hydrogen) atoms. The topological polar surface area (TPSA) is 24.9 Å². The van der Waals surface area contributed by atoms with Crippen LogP contribution in [0.3, 0.4) is 0 Å². The van der Waals surface area contributed by atoms with E-state index in [1.54, 1.807) is 6.20 Å². The third-order valence-corrected chi connectivity index (χ3v) is 3.81. The first kappa shape index (κ1) is 14.4. The van der Waals surface area contributed by atoms with Crippen LogP contribution in [0.1, 0.15) is 18.1 Å². The maximum absolute atomic E-state index is 5.92. The second-order valence-corrected chi connectivity index (χ2v) is 5.98. The van der Waals surface area contributed by atoms with Gasteiger partial charge in [-0.15, -0.1) is 0 Å². The second kappa shape index (κ2) is 6.40. The molecule has 4 heteroatoms. The minimum absolute atomic E-state index is 0.337. The second-order valence-electron chi connectivity index (χ2n) is 4.71. The number of rotatable bonds is 4. The quantitative estimate of drug-likeness (QED) is 0.806. The lowest BCUT2D eigenvalue weighted by Gasteiger charge is -2.15. The molecule has 0 bridgehead atoms. The van der Waals surface area contributed by atoms with Gasteiger partial charge in [-0.2, -0.15) is 0 Å². The zero-order chi connectivity index (χ0) is 13.8. The highest BCUT2D eigenvalue weighted by Crippen LogP contribution is 2.18. The van der Waals surface area contributed by atoms with Crippen molar-refractivity contribution in [3.05, 3.63) is 57.3 Å². The number of nitrogens with one attached hydrogen (secondary N) is 1. The molecule has 0 radical (unpaired) electrons. The fourth-order valence-electron chi connectivity index (χ4n) is 1.95. The van der Waals surface area contributed by atoms with Gasteiger partial charge in [-0.3, -0.25) is 0 Å². The normalized spacial score (nSPS) is 12.2. The lowest BCUT2D eigenvalue weighted by Crippen LogP contribution is -2.18. The molecule has 1 aromatic carbocycles. The third-order valence-electron chi connectivity index (χ3n) is 2.88. The fraction of sp³-hybridized carbons (Fsp3) is 0.267. The van der Waals surface area contributed by atoms with Crippen molar-refractivity contribution in [1.82, 2.24) is 4.98 Å². The Hall–Kier alpha value is -1.06. The van der Waals surface area contributed by atoms with E-state index in [0.717, 1.165) is 22.1 Å². The molecule has 0 amide bonds. The summed E-state index contributed by atoms with van der Waals surface area (Å²) in [5.41, 5.74) is 3.30. The molecule has 0 saturated heterocycles. The molecule has 2 aromatic rings. The molecule has 0 saturated carbocycles. The van der Waals surface area contributed by atoms with Crippen molar-refractivity contribution in [2.24, 2.45) is 0 Å². The zero-order valence-electron chi connectivity index (χ0n) is 11.0. The van der Waals surface area contributed by atoms with Crippen LogP contribution >= 0.6 is 27.5 Å². The SMILES string of the molecule is Cc1cc(NC(C)Cc2ccc(Br)cc2)cnc1Cl. The smallest absolute Gasteiger partial charge is 0.132 e. The van der Waals surface area contributed by atoms with Gasteiger partial charge in [0.25, 0.3) is 0 Å². The Bertz CT molecular complexity index is 555. The summed E-state index contributed by atoms with van der Waals surface area (Å²) < 4.78 is 1.11. The number of hydrogen-bond donors (Lipinski definition) is 1. The van der Waals surface area contributed by atoms with Crippen molar-refractivity contribution in [3.8, 4) is 0 Å². The number of aryl methyl sites for hydroxylation is 1. The van der Waals surface area contributed by atoms with E-state index in [-0.39, 0.29) is 0 Å². The van der Waals surface area contributed by atoms with Crippen LogP contribution in [0.2, 0.25) is 5.15 Å². The Morgan fingerprint density at radius 1 is 1.32 bits per heavy atom. The number of pyridine rings is 1. The maximum Gasteiger partial charge on any atom is 0.132 e. The van der Waals surface area contributed by atoms with E-state index in [1.807, 2.05) is 13.0 Å². The van der Waals surface area contributed by atoms with E-state index in [4.69, 9.17) is 11.6 Å². The number of anilines is 1. The summed E-state index contributed by atoms with van der Waals surface area (Å²) in [6.07, 6.45) is 2.74. The molecule has 1 heterocycles. The van der Waals surface area contributed by atoms with Gasteiger partial charge < -0.3 is 5.32 Å². The van der Waals surface area contributed by atoms with Gasteiger partial charge in [-0.05, 0) is 49.6 Å². The van der Waals surface area contributed by atoms with Crippen LogP contribution in [0, 0.1) is 6.92 Å². The van der Waals surface area contributed by atoms with Crippen molar-refractivity contribution < 1.29 is 0 Å². The van der Waals surface area contributed by atoms with Crippen molar-refractivity contribution >= 4 is 33.2 Å². The molecule has 0 fully saturated rings. The molecule has 100 valence electrons. The summed E-state index contributed by atoms with van der Waals surface area (Å²) >= 11 is 9.36. The molecular formula is C15H16BrClN2. The van der Waals surface area contributed by atoms with Gasteiger partial charge in [0.05, 0.1) is 11.9 Å². The molecule has 0 aliphatic heterocycles. The molecule has 2 nitrogen and oxygen atoms in total. The predicted molar refractivity (Wildman–Crippen MR) is 84.9 cm³/mol. The Morgan fingerprint density at radius 2 is 2.00 bits per heavy atom. The molecular weight excluding hydrogens is 324 g/mol. The standard InChI is InChI=1S/C15H16BrClN2/c1-10-7-14(9-18-15(10)17)19-11(2)8-12-3-5-13(16)6-4-12/h3-7,9,11,19H,8H2,1-2H3. The minimum atomic E-state index is 0.337. The fourth-order valence-corrected chi connectivity index (χ4v) is 2.31. The van der Waals surface area contributed by atoms with Crippen LogP contribution in [0.15, 0.2) is 41.0 Å². The number of aromatic nitrogens is 1. The first-order chi connectivity index (χ1) is 9.04. The average molecular weight is 340 g/mol. The van der Waals surface area contributed by atoms with Crippen molar-refractivity contribution in [3.63, 3.8) is 0 Å². The molecule has 1 aromatic heterocycles. The van der Waals surface area contributed by atoms with Crippen molar-refractivity contribution in [2.75, 3.05) is 5.32 Å². The highest BCUT2D eigenvalue weighted by atomic mass is 79.9. The Kier molecular flexibility index (Phi) is 4.83. The molecule has 0 aliphatic rings. The summed E-state index contributed by atoms with van der Waals surface area (Å²) in [5, 5.41) is 4.00. The summed E-state index contributed by atoms with van der Waals surface area (Å²) in [6.45, 7) is 4.12. The zero-order valence-corrected chi connectivity index (χ0v) is 13.3. The molecule has 0 aliphatic carbocycles. The van der Waals surface area contributed by atoms with E-state index >= 15 is 0 Å². The largest absolute Gasteiger partial charge is 0.381 e. The van der Waals surface area contributed by atoms with Gasteiger partial charge in [0.15, 0.2) is 0 Å². The molecule has 2 rings (SSSR count). The molecule has 1 atom stereocenters.